The smallest absolute Gasteiger partial charge is 0.338 e. The zero-order valence-corrected chi connectivity index (χ0v) is 15.3. The van der Waals surface area contributed by atoms with Gasteiger partial charge in [-0.05, 0) is 55.3 Å². The van der Waals surface area contributed by atoms with E-state index in [2.05, 4.69) is 10.3 Å². The standard InChI is InChI=1S/C22H20N2O4/c25-21(15-5-6-15)24-17-9-7-16(8-10-17)22(26)28-14-13-27-20-11-12-23-19-4-2-1-3-18(19)20/h1-4,7-12,15H,5-6,13-14H2,(H,24,25). The molecule has 1 aliphatic rings. The molecule has 28 heavy (non-hydrogen) atoms. The van der Waals surface area contributed by atoms with Gasteiger partial charge in [0.1, 0.15) is 19.0 Å². The summed E-state index contributed by atoms with van der Waals surface area (Å²) in [6.45, 7) is 0.380. The molecule has 0 spiro atoms. The molecule has 1 saturated carbocycles. The van der Waals surface area contributed by atoms with Crippen LogP contribution < -0.4 is 10.1 Å². The van der Waals surface area contributed by atoms with Gasteiger partial charge in [0, 0.05) is 23.2 Å². The maximum Gasteiger partial charge on any atom is 0.338 e. The van der Waals surface area contributed by atoms with Gasteiger partial charge in [-0.15, -0.1) is 0 Å². The Balaban J connectivity index is 1.26. The summed E-state index contributed by atoms with van der Waals surface area (Å²) in [5.74, 6) is 0.457. The maximum absolute atomic E-state index is 12.1. The van der Waals surface area contributed by atoms with E-state index in [0.717, 1.165) is 23.7 Å². The van der Waals surface area contributed by atoms with Gasteiger partial charge in [-0.2, -0.15) is 0 Å². The van der Waals surface area contributed by atoms with Crippen molar-refractivity contribution in [3.63, 3.8) is 0 Å². The van der Waals surface area contributed by atoms with E-state index in [4.69, 9.17) is 9.47 Å². The molecule has 3 aromatic rings. The fourth-order valence-corrected chi connectivity index (χ4v) is 2.84. The van der Waals surface area contributed by atoms with Crippen molar-refractivity contribution >= 4 is 28.5 Å². The Morgan fingerprint density at radius 1 is 1.00 bits per heavy atom. The van der Waals surface area contributed by atoms with Gasteiger partial charge in [-0.25, -0.2) is 4.79 Å². The van der Waals surface area contributed by atoms with Gasteiger partial charge in [-0.1, -0.05) is 12.1 Å². The first-order valence-corrected chi connectivity index (χ1v) is 9.25. The van der Waals surface area contributed by atoms with Crippen molar-refractivity contribution in [2.75, 3.05) is 18.5 Å². The van der Waals surface area contributed by atoms with Gasteiger partial charge in [0.25, 0.3) is 0 Å². The zero-order valence-electron chi connectivity index (χ0n) is 15.3. The summed E-state index contributed by atoms with van der Waals surface area (Å²) in [7, 11) is 0. The molecule has 1 aliphatic carbocycles. The number of anilines is 1. The first kappa shape index (κ1) is 18.0. The van der Waals surface area contributed by atoms with Crippen LogP contribution in [0.25, 0.3) is 10.9 Å². The van der Waals surface area contributed by atoms with Crippen molar-refractivity contribution in [3.05, 3.63) is 66.4 Å². The zero-order chi connectivity index (χ0) is 19.3. The minimum Gasteiger partial charge on any atom is -0.489 e. The largest absolute Gasteiger partial charge is 0.489 e. The van der Waals surface area contributed by atoms with Crippen molar-refractivity contribution < 1.29 is 19.1 Å². The molecule has 0 atom stereocenters. The van der Waals surface area contributed by atoms with Crippen molar-refractivity contribution in [1.29, 1.82) is 0 Å². The molecular weight excluding hydrogens is 356 g/mol. The Morgan fingerprint density at radius 3 is 2.57 bits per heavy atom. The molecular formula is C22H20N2O4. The fraction of sp³-hybridized carbons (Fsp3) is 0.227. The van der Waals surface area contributed by atoms with E-state index in [0.29, 0.717) is 17.0 Å². The molecule has 4 rings (SSSR count). The molecule has 2 aromatic carbocycles. The number of para-hydroxylation sites is 1. The van der Waals surface area contributed by atoms with E-state index in [1.807, 2.05) is 24.3 Å². The van der Waals surface area contributed by atoms with E-state index < -0.39 is 5.97 Å². The number of carbonyl (C=O) groups excluding carboxylic acids is 2. The average Bonchev–Trinajstić information content (AvgIpc) is 3.57. The average molecular weight is 376 g/mol. The lowest BCUT2D eigenvalue weighted by atomic mass is 10.2. The van der Waals surface area contributed by atoms with Crippen molar-refractivity contribution in [3.8, 4) is 5.75 Å². The first-order valence-electron chi connectivity index (χ1n) is 9.25. The number of aromatic nitrogens is 1. The van der Waals surface area contributed by atoms with E-state index in [1.54, 1.807) is 36.5 Å². The summed E-state index contributed by atoms with van der Waals surface area (Å²) in [6, 6.07) is 16.2. The Hall–Kier alpha value is -3.41. The Labute approximate surface area is 162 Å². The van der Waals surface area contributed by atoms with Crippen LogP contribution in [0, 0.1) is 5.92 Å². The number of nitrogens with one attached hydrogen (secondary N) is 1. The highest BCUT2D eigenvalue weighted by atomic mass is 16.6. The number of esters is 1. The minimum atomic E-state index is -0.428. The van der Waals surface area contributed by atoms with Crippen LogP contribution in [0.2, 0.25) is 0 Å². The van der Waals surface area contributed by atoms with Gasteiger partial charge in [0.05, 0.1) is 11.1 Å². The van der Waals surface area contributed by atoms with Crippen LogP contribution in [0.5, 0.6) is 5.75 Å². The van der Waals surface area contributed by atoms with Gasteiger partial charge in [0.2, 0.25) is 5.91 Å². The van der Waals surface area contributed by atoms with E-state index in [-0.39, 0.29) is 25.0 Å². The lowest BCUT2D eigenvalue weighted by Crippen LogP contribution is -2.14. The molecule has 1 fully saturated rings. The second-order valence-corrected chi connectivity index (χ2v) is 6.65. The van der Waals surface area contributed by atoms with Gasteiger partial charge >= 0.3 is 5.97 Å². The minimum absolute atomic E-state index is 0.0381. The lowest BCUT2D eigenvalue weighted by Gasteiger charge is -2.10. The Morgan fingerprint density at radius 2 is 1.79 bits per heavy atom. The summed E-state index contributed by atoms with van der Waals surface area (Å²) < 4.78 is 11.0. The number of amides is 1. The third-order valence-corrected chi connectivity index (χ3v) is 4.52. The molecule has 6 heteroatoms. The highest BCUT2D eigenvalue weighted by molar-refractivity contribution is 5.95. The van der Waals surface area contributed by atoms with Crippen LogP contribution in [0.3, 0.4) is 0 Å². The molecule has 1 amide bonds. The Kier molecular flexibility index (Phi) is 5.19. The van der Waals surface area contributed by atoms with Crippen molar-refractivity contribution in [2.45, 2.75) is 12.8 Å². The monoisotopic (exact) mass is 376 g/mol. The van der Waals surface area contributed by atoms with Crippen LogP contribution in [0.1, 0.15) is 23.2 Å². The number of benzene rings is 2. The molecule has 1 heterocycles. The topological polar surface area (TPSA) is 77.5 Å². The van der Waals surface area contributed by atoms with E-state index in [1.165, 1.54) is 0 Å². The SMILES string of the molecule is O=C(OCCOc1ccnc2ccccc12)c1ccc(NC(=O)C2CC2)cc1. The number of nitrogens with zero attached hydrogens (tertiary/aromatic N) is 1. The number of hydrogen-bond acceptors (Lipinski definition) is 5. The van der Waals surface area contributed by atoms with Gasteiger partial charge in [-0.3, -0.25) is 9.78 Å². The van der Waals surface area contributed by atoms with Crippen LogP contribution >= 0.6 is 0 Å². The second-order valence-electron chi connectivity index (χ2n) is 6.65. The highest BCUT2D eigenvalue weighted by Gasteiger charge is 2.29. The van der Waals surface area contributed by atoms with Crippen LogP contribution in [-0.4, -0.2) is 30.1 Å². The summed E-state index contributed by atoms with van der Waals surface area (Å²) in [6.07, 6.45) is 3.59. The van der Waals surface area contributed by atoms with E-state index >= 15 is 0 Å². The predicted molar refractivity (Wildman–Crippen MR) is 105 cm³/mol. The molecule has 1 aromatic heterocycles. The Bertz CT molecular complexity index is 992. The summed E-state index contributed by atoms with van der Waals surface area (Å²) >= 11 is 0. The number of ether oxygens (including phenoxy) is 2. The number of hydrogen-bond donors (Lipinski definition) is 1. The molecule has 6 nitrogen and oxygen atoms in total. The number of rotatable bonds is 7. The molecule has 0 radical (unpaired) electrons. The molecule has 142 valence electrons. The summed E-state index contributed by atoms with van der Waals surface area (Å²) in [5, 5.41) is 3.76. The number of carbonyl (C=O) groups is 2. The lowest BCUT2D eigenvalue weighted by molar-refractivity contribution is -0.117. The molecule has 0 saturated heterocycles. The van der Waals surface area contributed by atoms with Crippen LogP contribution in [0.4, 0.5) is 5.69 Å². The fourth-order valence-electron chi connectivity index (χ4n) is 2.84. The third kappa shape index (κ3) is 4.28. The third-order valence-electron chi connectivity index (χ3n) is 4.52. The van der Waals surface area contributed by atoms with Crippen LogP contribution in [-0.2, 0) is 9.53 Å². The second kappa shape index (κ2) is 8.08. The quantitative estimate of drug-likeness (QED) is 0.501. The number of pyridine rings is 1. The predicted octanol–water partition coefficient (Wildman–Crippen LogP) is 3.82. The molecule has 0 unspecified atom stereocenters. The van der Waals surface area contributed by atoms with E-state index in [9.17, 15) is 9.59 Å². The number of fused-ring (bicyclic) bond motifs is 1. The van der Waals surface area contributed by atoms with Crippen LogP contribution in [0.15, 0.2) is 60.8 Å². The highest BCUT2D eigenvalue weighted by Crippen LogP contribution is 2.30. The molecule has 1 N–H and O–H groups in total. The maximum atomic E-state index is 12.1. The summed E-state index contributed by atoms with van der Waals surface area (Å²) in [4.78, 5) is 28.2. The normalized spacial score (nSPS) is 13.1. The molecule has 0 aliphatic heterocycles. The first-order chi connectivity index (χ1) is 13.7. The molecule has 0 bridgehead atoms. The van der Waals surface area contributed by atoms with Gasteiger partial charge < -0.3 is 14.8 Å². The summed E-state index contributed by atoms with van der Waals surface area (Å²) in [5.41, 5.74) is 1.96. The van der Waals surface area contributed by atoms with Crippen molar-refractivity contribution in [2.24, 2.45) is 5.92 Å². The van der Waals surface area contributed by atoms with Gasteiger partial charge in [0.15, 0.2) is 0 Å². The van der Waals surface area contributed by atoms with Crippen molar-refractivity contribution in [1.82, 2.24) is 4.98 Å².